The maximum absolute atomic E-state index is 9.00. The number of nitrogens with one attached hydrogen (secondary N) is 2. The molecule has 9 heteroatoms. The van der Waals surface area contributed by atoms with E-state index >= 15 is 0 Å². The minimum atomic E-state index is 0.347. The number of pyridine rings is 2. The second-order valence-corrected chi connectivity index (χ2v) is 9.75. The third kappa shape index (κ3) is 4.83. The Morgan fingerprint density at radius 2 is 2.12 bits per heavy atom. The third-order valence-corrected chi connectivity index (χ3v) is 7.32. The molecule has 2 aromatic rings. The van der Waals surface area contributed by atoms with E-state index in [0.29, 0.717) is 42.1 Å². The van der Waals surface area contributed by atoms with Crippen LogP contribution in [-0.4, -0.2) is 70.4 Å². The van der Waals surface area contributed by atoms with Crippen molar-refractivity contribution in [3.05, 3.63) is 36.5 Å². The van der Waals surface area contributed by atoms with Gasteiger partial charge in [0, 0.05) is 67.7 Å². The molecule has 4 N–H and O–H groups in total. The zero-order valence-electron chi connectivity index (χ0n) is 19.7. The summed E-state index contributed by atoms with van der Waals surface area (Å²) in [6.45, 7) is 2.99. The van der Waals surface area contributed by atoms with Crippen LogP contribution in [0.1, 0.15) is 32.1 Å². The molecule has 5 heterocycles. The van der Waals surface area contributed by atoms with E-state index < -0.39 is 0 Å². The van der Waals surface area contributed by atoms with Gasteiger partial charge in [-0.25, -0.2) is 4.98 Å². The van der Waals surface area contributed by atoms with Crippen LogP contribution in [0.3, 0.4) is 0 Å². The van der Waals surface area contributed by atoms with Gasteiger partial charge < -0.3 is 21.4 Å². The first-order valence-electron chi connectivity index (χ1n) is 12.2. The molecule has 0 aromatic carbocycles. The van der Waals surface area contributed by atoms with Crippen LogP contribution in [0.15, 0.2) is 41.6 Å². The molecule has 3 fully saturated rings. The van der Waals surface area contributed by atoms with Gasteiger partial charge in [0.1, 0.15) is 11.6 Å². The van der Waals surface area contributed by atoms with Gasteiger partial charge in [0.15, 0.2) is 5.84 Å². The maximum Gasteiger partial charge on any atom is 0.150 e. The number of nitrogens with zero attached hydrogens (tertiary/aromatic N) is 6. The van der Waals surface area contributed by atoms with Gasteiger partial charge in [0.25, 0.3) is 0 Å². The first kappa shape index (κ1) is 22.6. The molecule has 3 saturated heterocycles. The van der Waals surface area contributed by atoms with Crippen LogP contribution in [0, 0.1) is 17.2 Å². The van der Waals surface area contributed by atoms with Crippen LogP contribution < -0.4 is 16.5 Å². The van der Waals surface area contributed by atoms with Crippen molar-refractivity contribution < 1.29 is 0 Å². The number of aromatic nitrogens is 2. The fraction of sp³-hybridized carbons (Fsp3) is 0.520. The summed E-state index contributed by atoms with van der Waals surface area (Å²) < 4.78 is 0. The van der Waals surface area contributed by atoms with Crippen molar-refractivity contribution in [3.63, 3.8) is 0 Å². The second-order valence-electron chi connectivity index (χ2n) is 9.75. The predicted molar refractivity (Wildman–Crippen MR) is 135 cm³/mol. The molecule has 9 nitrogen and oxygen atoms in total. The summed E-state index contributed by atoms with van der Waals surface area (Å²) in [6.07, 6.45) is 11.0. The topological polar surface area (TPSA) is 118 Å². The molecule has 0 radical (unpaired) electrons. The van der Waals surface area contributed by atoms with Gasteiger partial charge in [-0.2, -0.15) is 10.4 Å². The molecule has 0 saturated carbocycles. The number of hydrazone groups is 1. The Morgan fingerprint density at radius 3 is 2.82 bits per heavy atom. The SMILES string of the molecule is CN1CC(/C=C/C(=N\N)Nc2cc3ncccc3c(N[C@@H]3C[C@H]4CC[C@@H](C3)N4CCC#N)n2)C1. The van der Waals surface area contributed by atoms with Crippen molar-refractivity contribution in [2.24, 2.45) is 16.9 Å². The van der Waals surface area contributed by atoms with E-state index in [4.69, 9.17) is 16.1 Å². The Bertz CT molecular complexity index is 1100. The summed E-state index contributed by atoms with van der Waals surface area (Å²) in [6, 6.07) is 9.67. The summed E-state index contributed by atoms with van der Waals surface area (Å²) >= 11 is 0. The molecule has 178 valence electrons. The molecule has 0 unspecified atom stereocenters. The summed E-state index contributed by atoms with van der Waals surface area (Å²) in [7, 11) is 2.11. The van der Waals surface area contributed by atoms with E-state index in [-0.39, 0.29) is 0 Å². The lowest BCUT2D eigenvalue weighted by molar-refractivity contribution is 0.136. The summed E-state index contributed by atoms with van der Waals surface area (Å²) in [5.41, 5.74) is 0.873. The zero-order valence-corrected chi connectivity index (χ0v) is 19.7. The number of fused-ring (bicyclic) bond motifs is 3. The number of nitriles is 1. The van der Waals surface area contributed by atoms with Crippen LogP contribution >= 0.6 is 0 Å². The van der Waals surface area contributed by atoms with Crippen LogP contribution in [0.25, 0.3) is 10.9 Å². The highest BCUT2D eigenvalue weighted by molar-refractivity contribution is 6.04. The average Bonchev–Trinajstić information content (AvgIpc) is 3.06. The number of rotatable bonds is 7. The number of nitrogens with two attached hydrogens (primary N) is 1. The number of piperidine rings is 1. The molecule has 0 amide bonds. The minimum absolute atomic E-state index is 0.347. The van der Waals surface area contributed by atoms with E-state index in [2.05, 4.69) is 55.8 Å². The van der Waals surface area contributed by atoms with Crippen molar-refractivity contribution >= 4 is 28.4 Å². The highest BCUT2D eigenvalue weighted by Gasteiger charge is 2.40. The van der Waals surface area contributed by atoms with Gasteiger partial charge >= 0.3 is 0 Å². The highest BCUT2D eigenvalue weighted by atomic mass is 15.2. The molecule has 2 bridgehead atoms. The molecule has 0 aliphatic carbocycles. The monoisotopic (exact) mass is 459 g/mol. The molecule has 5 rings (SSSR count). The lowest BCUT2D eigenvalue weighted by Gasteiger charge is -2.39. The van der Waals surface area contributed by atoms with Crippen molar-refractivity contribution in [3.8, 4) is 6.07 Å². The van der Waals surface area contributed by atoms with Gasteiger partial charge in [-0.1, -0.05) is 6.08 Å². The Balaban J connectivity index is 1.32. The van der Waals surface area contributed by atoms with Crippen LogP contribution in [0.5, 0.6) is 0 Å². The first-order chi connectivity index (χ1) is 16.6. The number of likely N-dealkylation sites (tertiary alicyclic amines) is 1. The number of anilines is 2. The van der Waals surface area contributed by atoms with E-state index in [1.54, 1.807) is 6.20 Å². The molecule has 2 aromatic heterocycles. The van der Waals surface area contributed by atoms with E-state index in [9.17, 15) is 0 Å². The standard InChI is InChI=1S/C25H33N9/c1-33-15-17(16-33)5-8-23(32-27)30-24-14-22-21(4-2-10-28-22)25(31-24)29-18-12-19-6-7-20(13-18)34(19)11-3-9-26/h2,4-5,8,10,14,17-20H,3,6-7,11-13,15-16,27H2,1H3,(H2,29,30,31,32)/b8-5+/t18-,19-,20+. The fourth-order valence-corrected chi connectivity index (χ4v) is 5.72. The Labute approximate surface area is 200 Å². The smallest absolute Gasteiger partial charge is 0.150 e. The van der Waals surface area contributed by atoms with Crippen molar-refractivity contribution in [2.45, 2.75) is 50.2 Å². The average molecular weight is 460 g/mol. The first-order valence-corrected chi connectivity index (χ1v) is 12.2. The second kappa shape index (κ2) is 9.95. The summed E-state index contributed by atoms with van der Waals surface area (Å²) in [4.78, 5) is 14.3. The number of hydrogen-bond acceptors (Lipinski definition) is 8. The molecule has 3 aliphatic rings. The van der Waals surface area contributed by atoms with E-state index in [1.165, 1.54) is 12.8 Å². The predicted octanol–water partition coefficient (Wildman–Crippen LogP) is 2.75. The number of amidine groups is 1. The van der Waals surface area contributed by atoms with Crippen LogP contribution in [-0.2, 0) is 0 Å². The lowest BCUT2D eigenvalue weighted by atomic mass is 9.97. The Hall–Kier alpha value is -3.22. The van der Waals surface area contributed by atoms with Gasteiger partial charge in [-0.3, -0.25) is 9.88 Å². The largest absolute Gasteiger partial charge is 0.367 e. The maximum atomic E-state index is 9.00. The third-order valence-electron chi connectivity index (χ3n) is 7.32. The molecular formula is C25H33N9. The van der Waals surface area contributed by atoms with Crippen LogP contribution in [0.2, 0.25) is 0 Å². The molecular weight excluding hydrogens is 426 g/mol. The normalized spacial score (nSPS) is 26.0. The number of hydrogen-bond donors (Lipinski definition) is 3. The highest BCUT2D eigenvalue weighted by Crippen LogP contribution is 2.37. The van der Waals surface area contributed by atoms with Crippen molar-refractivity contribution in [2.75, 3.05) is 37.3 Å². The molecule has 3 atom stereocenters. The Kier molecular flexibility index (Phi) is 6.61. The van der Waals surface area contributed by atoms with Crippen molar-refractivity contribution in [1.29, 1.82) is 5.26 Å². The van der Waals surface area contributed by atoms with Gasteiger partial charge in [0.05, 0.1) is 11.6 Å². The van der Waals surface area contributed by atoms with Gasteiger partial charge in [-0.15, -0.1) is 0 Å². The quantitative estimate of drug-likeness (QED) is 0.250. The fourth-order valence-electron chi connectivity index (χ4n) is 5.72. The van der Waals surface area contributed by atoms with E-state index in [0.717, 1.165) is 49.2 Å². The zero-order chi connectivity index (χ0) is 23.5. The summed E-state index contributed by atoms with van der Waals surface area (Å²) in [5, 5.41) is 20.9. The summed E-state index contributed by atoms with van der Waals surface area (Å²) in [5.74, 6) is 8.27. The Morgan fingerprint density at radius 1 is 1.32 bits per heavy atom. The van der Waals surface area contributed by atoms with Crippen molar-refractivity contribution in [1.82, 2.24) is 19.8 Å². The van der Waals surface area contributed by atoms with Gasteiger partial charge in [0.2, 0.25) is 0 Å². The molecule has 34 heavy (non-hydrogen) atoms. The minimum Gasteiger partial charge on any atom is -0.367 e. The van der Waals surface area contributed by atoms with E-state index in [1.807, 2.05) is 18.2 Å². The van der Waals surface area contributed by atoms with Gasteiger partial charge in [-0.05, 0) is 50.9 Å². The molecule has 0 spiro atoms. The van der Waals surface area contributed by atoms with Crippen LogP contribution in [0.4, 0.5) is 11.6 Å². The molecule has 3 aliphatic heterocycles. The lowest BCUT2D eigenvalue weighted by Crippen LogP contribution is -2.47.